The van der Waals surface area contributed by atoms with Crippen LogP contribution >= 0.6 is 0 Å². The standard InChI is InChI=1S/C14H17FN2O2/c1-16-6-7-17(14(18)13-3-2-8-19-13)11-5-4-10(15)9-12(11)16/h4-5,9,13H,2-3,6-8H2,1H3. The summed E-state index contributed by atoms with van der Waals surface area (Å²) in [7, 11) is 1.91. The molecule has 2 aliphatic heterocycles. The summed E-state index contributed by atoms with van der Waals surface area (Å²) in [6.07, 6.45) is 1.38. The van der Waals surface area contributed by atoms with Crippen molar-refractivity contribution < 1.29 is 13.9 Å². The summed E-state index contributed by atoms with van der Waals surface area (Å²) < 4.78 is 18.8. The SMILES string of the molecule is CN1CCN(C(=O)C2CCCO2)c2ccc(F)cc21. The van der Waals surface area contributed by atoms with Crippen molar-refractivity contribution in [1.29, 1.82) is 0 Å². The third-order valence-corrected chi connectivity index (χ3v) is 3.77. The van der Waals surface area contributed by atoms with Crippen molar-refractivity contribution >= 4 is 17.3 Å². The highest BCUT2D eigenvalue weighted by Crippen LogP contribution is 2.34. The van der Waals surface area contributed by atoms with E-state index in [4.69, 9.17) is 4.74 Å². The second kappa shape index (κ2) is 4.81. The van der Waals surface area contributed by atoms with Crippen molar-refractivity contribution in [2.45, 2.75) is 18.9 Å². The zero-order valence-electron chi connectivity index (χ0n) is 10.9. The van der Waals surface area contributed by atoms with Gasteiger partial charge < -0.3 is 14.5 Å². The quantitative estimate of drug-likeness (QED) is 0.775. The minimum Gasteiger partial charge on any atom is -0.371 e. The lowest BCUT2D eigenvalue weighted by atomic mass is 10.1. The molecule has 1 aromatic carbocycles. The Labute approximate surface area is 111 Å². The van der Waals surface area contributed by atoms with Crippen LogP contribution in [0.5, 0.6) is 0 Å². The summed E-state index contributed by atoms with van der Waals surface area (Å²) >= 11 is 0. The Morgan fingerprint density at radius 1 is 1.37 bits per heavy atom. The fraction of sp³-hybridized carbons (Fsp3) is 0.500. The fourth-order valence-corrected chi connectivity index (χ4v) is 2.70. The van der Waals surface area contributed by atoms with Crippen LogP contribution in [0.25, 0.3) is 0 Å². The first kappa shape index (κ1) is 12.4. The second-order valence-corrected chi connectivity index (χ2v) is 5.05. The van der Waals surface area contributed by atoms with Crippen molar-refractivity contribution in [1.82, 2.24) is 0 Å². The summed E-state index contributed by atoms with van der Waals surface area (Å²) in [6.45, 7) is 1.98. The van der Waals surface area contributed by atoms with Crippen molar-refractivity contribution in [2.24, 2.45) is 0 Å². The number of hydrogen-bond acceptors (Lipinski definition) is 3. The molecule has 0 spiro atoms. The van der Waals surface area contributed by atoms with E-state index in [2.05, 4.69) is 0 Å². The maximum absolute atomic E-state index is 13.3. The second-order valence-electron chi connectivity index (χ2n) is 5.05. The molecule has 1 amide bonds. The number of nitrogens with zero attached hydrogens (tertiary/aromatic N) is 2. The molecule has 1 fully saturated rings. The summed E-state index contributed by atoms with van der Waals surface area (Å²) in [5.41, 5.74) is 1.54. The Hall–Kier alpha value is -1.62. The van der Waals surface area contributed by atoms with E-state index in [1.165, 1.54) is 12.1 Å². The number of benzene rings is 1. The van der Waals surface area contributed by atoms with Gasteiger partial charge in [0.1, 0.15) is 11.9 Å². The summed E-state index contributed by atoms with van der Waals surface area (Å²) in [4.78, 5) is 16.1. The molecule has 1 aromatic rings. The van der Waals surface area contributed by atoms with E-state index in [-0.39, 0.29) is 17.8 Å². The van der Waals surface area contributed by atoms with Gasteiger partial charge >= 0.3 is 0 Å². The van der Waals surface area contributed by atoms with E-state index in [0.717, 1.165) is 24.2 Å². The Kier molecular flexibility index (Phi) is 3.14. The van der Waals surface area contributed by atoms with Crippen LogP contribution < -0.4 is 9.80 Å². The van der Waals surface area contributed by atoms with Crippen LogP contribution in [0.1, 0.15) is 12.8 Å². The minimum absolute atomic E-state index is 0.00143. The van der Waals surface area contributed by atoms with E-state index >= 15 is 0 Å². The van der Waals surface area contributed by atoms with Crippen molar-refractivity contribution in [3.8, 4) is 0 Å². The third-order valence-electron chi connectivity index (χ3n) is 3.77. The molecule has 1 unspecified atom stereocenters. The van der Waals surface area contributed by atoms with Gasteiger partial charge in [-0.05, 0) is 31.0 Å². The molecule has 102 valence electrons. The maximum Gasteiger partial charge on any atom is 0.256 e. The monoisotopic (exact) mass is 264 g/mol. The molecular weight excluding hydrogens is 247 g/mol. The Balaban J connectivity index is 1.92. The van der Waals surface area contributed by atoms with Crippen LogP contribution in [0.3, 0.4) is 0 Å². The molecular formula is C14H17FN2O2. The molecule has 0 saturated carbocycles. The average molecular weight is 264 g/mol. The summed E-state index contributed by atoms with van der Waals surface area (Å²) in [6, 6.07) is 4.55. The molecule has 0 radical (unpaired) electrons. The molecule has 1 saturated heterocycles. The van der Waals surface area contributed by atoms with Crippen LogP contribution in [0.4, 0.5) is 15.8 Å². The highest BCUT2D eigenvalue weighted by atomic mass is 19.1. The Morgan fingerprint density at radius 3 is 2.95 bits per heavy atom. The Bertz CT molecular complexity index is 500. The van der Waals surface area contributed by atoms with Crippen LogP contribution in [-0.4, -0.2) is 38.8 Å². The molecule has 0 N–H and O–H groups in total. The van der Waals surface area contributed by atoms with Gasteiger partial charge in [-0.15, -0.1) is 0 Å². The van der Waals surface area contributed by atoms with Crippen LogP contribution in [0, 0.1) is 5.82 Å². The van der Waals surface area contributed by atoms with Crippen molar-refractivity contribution in [2.75, 3.05) is 36.5 Å². The predicted molar refractivity (Wildman–Crippen MR) is 71.0 cm³/mol. The van der Waals surface area contributed by atoms with Gasteiger partial charge in [0, 0.05) is 26.7 Å². The molecule has 0 aromatic heterocycles. The smallest absolute Gasteiger partial charge is 0.256 e. The van der Waals surface area contributed by atoms with Gasteiger partial charge in [0.2, 0.25) is 0 Å². The van der Waals surface area contributed by atoms with Gasteiger partial charge in [-0.3, -0.25) is 4.79 Å². The lowest BCUT2D eigenvalue weighted by Crippen LogP contribution is -2.46. The van der Waals surface area contributed by atoms with Gasteiger partial charge in [0.15, 0.2) is 0 Å². The van der Waals surface area contributed by atoms with Crippen LogP contribution in [-0.2, 0) is 9.53 Å². The molecule has 3 rings (SSSR count). The van der Waals surface area contributed by atoms with E-state index in [1.807, 2.05) is 11.9 Å². The van der Waals surface area contributed by atoms with E-state index < -0.39 is 0 Å². The zero-order chi connectivity index (χ0) is 13.4. The van der Waals surface area contributed by atoms with E-state index in [0.29, 0.717) is 19.7 Å². The number of likely N-dealkylation sites (N-methyl/N-ethyl adjacent to an activating group) is 1. The number of hydrogen-bond donors (Lipinski definition) is 0. The number of fused-ring (bicyclic) bond motifs is 1. The van der Waals surface area contributed by atoms with E-state index in [9.17, 15) is 9.18 Å². The zero-order valence-corrected chi connectivity index (χ0v) is 10.9. The molecule has 4 nitrogen and oxygen atoms in total. The predicted octanol–water partition coefficient (Wildman–Crippen LogP) is 1.79. The molecule has 19 heavy (non-hydrogen) atoms. The summed E-state index contributed by atoms with van der Waals surface area (Å²) in [5, 5.41) is 0. The normalized spacial score (nSPS) is 22.5. The number of halogens is 1. The molecule has 2 aliphatic rings. The largest absolute Gasteiger partial charge is 0.371 e. The molecule has 0 aliphatic carbocycles. The van der Waals surface area contributed by atoms with Gasteiger partial charge in [-0.1, -0.05) is 0 Å². The Morgan fingerprint density at radius 2 is 2.21 bits per heavy atom. The number of ether oxygens (including phenoxy) is 1. The van der Waals surface area contributed by atoms with Crippen LogP contribution in [0.2, 0.25) is 0 Å². The van der Waals surface area contributed by atoms with E-state index in [1.54, 1.807) is 11.0 Å². The topological polar surface area (TPSA) is 32.8 Å². The summed E-state index contributed by atoms with van der Waals surface area (Å²) in [5.74, 6) is -0.282. The van der Waals surface area contributed by atoms with Gasteiger partial charge in [-0.25, -0.2) is 4.39 Å². The molecule has 2 heterocycles. The van der Waals surface area contributed by atoms with Gasteiger partial charge in [0.25, 0.3) is 5.91 Å². The van der Waals surface area contributed by atoms with Gasteiger partial charge in [0.05, 0.1) is 11.4 Å². The number of anilines is 2. The van der Waals surface area contributed by atoms with Crippen molar-refractivity contribution in [3.05, 3.63) is 24.0 Å². The molecule has 1 atom stereocenters. The number of carbonyl (C=O) groups is 1. The fourth-order valence-electron chi connectivity index (χ4n) is 2.70. The minimum atomic E-state index is -0.332. The average Bonchev–Trinajstić information content (AvgIpc) is 2.93. The lowest BCUT2D eigenvalue weighted by molar-refractivity contribution is -0.127. The van der Waals surface area contributed by atoms with Crippen molar-refractivity contribution in [3.63, 3.8) is 0 Å². The van der Waals surface area contributed by atoms with Crippen LogP contribution in [0.15, 0.2) is 18.2 Å². The first-order chi connectivity index (χ1) is 9.16. The molecule has 5 heteroatoms. The van der Waals surface area contributed by atoms with Gasteiger partial charge in [-0.2, -0.15) is 0 Å². The maximum atomic E-state index is 13.3. The highest BCUT2D eigenvalue weighted by molar-refractivity contribution is 6.00. The first-order valence-electron chi connectivity index (χ1n) is 6.60. The highest BCUT2D eigenvalue weighted by Gasteiger charge is 2.32. The number of rotatable bonds is 1. The first-order valence-corrected chi connectivity index (χ1v) is 6.60. The third kappa shape index (κ3) is 2.18. The lowest BCUT2D eigenvalue weighted by Gasteiger charge is -2.36. The molecule has 0 bridgehead atoms. The number of amides is 1. The number of carbonyl (C=O) groups excluding carboxylic acids is 1.